The van der Waals surface area contributed by atoms with Gasteiger partial charge >= 0.3 is 0 Å². The molecule has 3 rings (SSSR count). The summed E-state index contributed by atoms with van der Waals surface area (Å²) in [6.45, 7) is 4.04. The molecule has 2 aromatic rings. The van der Waals surface area contributed by atoms with Gasteiger partial charge in [0.25, 0.3) is 5.91 Å². The lowest BCUT2D eigenvalue weighted by Gasteiger charge is -2.28. The molecule has 0 unspecified atom stereocenters. The van der Waals surface area contributed by atoms with Gasteiger partial charge in [0.15, 0.2) is 5.69 Å². The third-order valence-corrected chi connectivity index (χ3v) is 3.45. The SMILES string of the molecule is CC(C)c1cc(C(=O)N2CC(=O)Nc3ccccc32)n[nH]1. The molecule has 1 aliphatic heterocycles. The molecule has 6 heteroatoms. The first kappa shape index (κ1) is 13.4. The third kappa shape index (κ3) is 2.40. The maximum atomic E-state index is 12.6. The van der Waals surface area contributed by atoms with Crippen molar-refractivity contribution in [2.24, 2.45) is 0 Å². The summed E-state index contributed by atoms with van der Waals surface area (Å²) < 4.78 is 0. The zero-order valence-corrected chi connectivity index (χ0v) is 11.9. The fraction of sp³-hybridized carbons (Fsp3) is 0.267. The molecule has 2 amide bonds. The molecule has 1 aromatic heterocycles. The minimum absolute atomic E-state index is 0.000279. The van der Waals surface area contributed by atoms with Crippen LogP contribution >= 0.6 is 0 Å². The molecule has 2 N–H and O–H groups in total. The topological polar surface area (TPSA) is 78.1 Å². The standard InChI is InChI=1S/C15H16N4O2/c1-9(2)11-7-12(18-17-11)15(21)19-8-14(20)16-10-5-3-4-6-13(10)19/h3-7,9H,8H2,1-2H3,(H,16,20)(H,17,18). The van der Waals surface area contributed by atoms with Crippen molar-refractivity contribution in [2.45, 2.75) is 19.8 Å². The van der Waals surface area contributed by atoms with E-state index in [1.807, 2.05) is 32.0 Å². The molecule has 0 saturated heterocycles. The van der Waals surface area contributed by atoms with E-state index >= 15 is 0 Å². The Balaban J connectivity index is 1.96. The maximum absolute atomic E-state index is 12.6. The van der Waals surface area contributed by atoms with Crippen LogP contribution in [0.2, 0.25) is 0 Å². The number of rotatable bonds is 2. The van der Waals surface area contributed by atoms with Crippen LogP contribution in [0.5, 0.6) is 0 Å². The van der Waals surface area contributed by atoms with Crippen LogP contribution in [0.25, 0.3) is 0 Å². The van der Waals surface area contributed by atoms with Crippen LogP contribution in [-0.2, 0) is 4.79 Å². The molecule has 0 spiro atoms. The van der Waals surface area contributed by atoms with Crippen molar-refractivity contribution >= 4 is 23.2 Å². The number of nitrogens with zero attached hydrogens (tertiary/aromatic N) is 2. The zero-order chi connectivity index (χ0) is 15.0. The van der Waals surface area contributed by atoms with Gasteiger partial charge in [0.05, 0.1) is 11.4 Å². The molecular formula is C15H16N4O2. The Bertz CT molecular complexity index is 705. The lowest BCUT2D eigenvalue weighted by molar-refractivity contribution is -0.115. The van der Waals surface area contributed by atoms with Gasteiger partial charge in [0.1, 0.15) is 6.54 Å². The number of carbonyl (C=O) groups is 2. The van der Waals surface area contributed by atoms with Gasteiger partial charge in [-0.05, 0) is 24.1 Å². The van der Waals surface area contributed by atoms with Crippen molar-refractivity contribution < 1.29 is 9.59 Å². The average molecular weight is 284 g/mol. The summed E-state index contributed by atoms with van der Waals surface area (Å²) in [5, 5.41) is 9.68. The number of benzene rings is 1. The number of H-pyrrole nitrogens is 1. The summed E-state index contributed by atoms with van der Waals surface area (Å²) in [6.07, 6.45) is 0. The van der Waals surface area contributed by atoms with Gasteiger partial charge in [-0.1, -0.05) is 26.0 Å². The van der Waals surface area contributed by atoms with Crippen LogP contribution < -0.4 is 10.2 Å². The quantitative estimate of drug-likeness (QED) is 0.886. The van der Waals surface area contributed by atoms with Crippen LogP contribution in [0.4, 0.5) is 11.4 Å². The first-order chi connectivity index (χ1) is 10.1. The second-order valence-corrected chi connectivity index (χ2v) is 5.32. The highest BCUT2D eigenvalue weighted by atomic mass is 16.2. The molecule has 0 radical (unpaired) electrons. The lowest BCUT2D eigenvalue weighted by atomic mass is 10.1. The second-order valence-electron chi connectivity index (χ2n) is 5.32. The number of nitrogens with one attached hydrogen (secondary N) is 2. The van der Waals surface area contributed by atoms with E-state index in [9.17, 15) is 9.59 Å². The number of amides is 2. The van der Waals surface area contributed by atoms with Gasteiger partial charge in [0.2, 0.25) is 5.91 Å². The van der Waals surface area contributed by atoms with Gasteiger partial charge in [-0.25, -0.2) is 0 Å². The van der Waals surface area contributed by atoms with Gasteiger partial charge in [0, 0.05) is 5.69 Å². The van der Waals surface area contributed by atoms with E-state index in [0.717, 1.165) is 5.69 Å². The Morgan fingerprint density at radius 1 is 1.33 bits per heavy atom. The predicted molar refractivity (Wildman–Crippen MR) is 79.4 cm³/mol. The van der Waals surface area contributed by atoms with Crippen LogP contribution in [0.1, 0.15) is 35.9 Å². The van der Waals surface area contributed by atoms with Gasteiger partial charge in [-0.3, -0.25) is 19.6 Å². The fourth-order valence-corrected chi connectivity index (χ4v) is 2.29. The number of aromatic amines is 1. The lowest BCUT2D eigenvalue weighted by Crippen LogP contribution is -2.42. The molecule has 0 bridgehead atoms. The minimum atomic E-state index is -0.277. The molecule has 0 aliphatic carbocycles. The maximum Gasteiger partial charge on any atom is 0.279 e. The van der Waals surface area contributed by atoms with E-state index in [0.29, 0.717) is 17.1 Å². The summed E-state index contributed by atoms with van der Waals surface area (Å²) in [7, 11) is 0. The monoisotopic (exact) mass is 284 g/mol. The number of aromatic nitrogens is 2. The molecule has 0 fully saturated rings. The van der Waals surface area contributed by atoms with Gasteiger partial charge in [-0.2, -0.15) is 5.10 Å². The number of carbonyl (C=O) groups excluding carboxylic acids is 2. The summed E-state index contributed by atoms with van der Waals surface area (Å²) in [5.74, 6) is -0.224. The van der Waals surface area contributed by atoms with E-state index in [2.05, 4.69) is 15.5 Å². The molecule has 1 aliphatic rings. The van der Waals surface area contributed by atoms with Crippen molar-refractivity contribution in [1.82, 2.24) is 10.2 Å². The van der Waals surface area contributed by atoms with E-state index in [-0.39, 0.29) is 24.3 Å². The van der Waals surface area contributed by atoms with Crippen molar-refractivity contribution in [3.05, 3.63) is 41.7 Å². The summed E-state index contributed by atoms with van der Waals surface area (Å²) in [6, 6.07) is 8.97. The number of hydrogen-bond acceptors (Lipinski definition) is 3. The van der Waals surface area contributed by atoms with Crippen LogP contribution in [0.3, 0.4) is 0 Å². The summed E-state index contributed by atoms with van der Waals surface area (Å²) in [5.41, 5.74) is 2.55. The smallest absolute Gasteiger partial charge is 0.279 e. The predicted octanol–water partition coefficient (Wildman–Crippen LogP) is 2.13. The number of para-hydroxylation sites is 2. The Hall–Kier alpha value is -2.63. The Labute approximate surface area is 122 Å². The van der Waals surface area contributed by atoms with Crippen LogP contribution in [0.15, 0.2) is 30.3 Å². The summed E-state index contributed by atoms with van der Waals surface area (Å²) in [4.78, 5) is 25.8. The van der Waals surface area contributed by atoms with Crippen molar-refractivity contribution in [3.8, 4) is 0 Å². The molecule has 21 heavy (non-hydrogen) atoms. The van der Waals surface area contributed by atoms with E-state index in [4.69, 9.17) is 0 Å². The fourth-order valence-electron chi connectivity index (χ4n) is 2.29. The Kier molecular flexibility index (Phi) is 3.21. The van der Waals surface area contributed by atoms with Crippen LogP contribution in [0, 0.1) is 0 Å². The molecule has 0 saturated carbocycles. The Morgan fingerprint density at radius 3 is 2.81 bits per heavy atom. The van der Waals surface area contributed by atoms with E-state index in [1.165, 1.54) is 4.90 Å². The number of hydrogen-bond donors (Lipinski definition) is 2. The first-order valence-corrected chi connectivity index (χ1v) is 6.82. The molecule has 1 aromatic carbocycles. The van der Waals surface area contributed by atoms with Crippen molar-refractivity contribution in [1.29, 1.82) is 0 Å². The highest BCUT2D eigenvalue weighted by molar-refractivity contribution is 6.14. The normalized spacial score (nSPS) is 14.0. The highest BCUT2D eigenvalue weighted by Crippen LogP contribution is 2.30. The third-order valence-electron chi connectivity index (χ3n) is 3.45. The van der Waals surface area contributed by atoms with Crippen LogP contribution in [-0.4, -0.2) is 28.6 Å². The van der Waals surface area contributed by atoms with Gasteiger partial charge in [-0.15, -0.1) is 0 Å². The zero-order valence-electron chi connectivity index (χ0n) is 11.9. The molecular weight excluding hydrogens is 268 g/mol. The number of anilines is 2. The molecule has 108 valence electrons. The van der Waals surface area contributed by atoms with E-state index < -0.39 is 0 Å². The average Bonchev–Trinajstić information content (AvgIpc) is 2.95. The highest BCUT2D eigenvalue weighted by Gasteiger charge is 2.28. The van der Waals surface area contributed by atoms with Crippen molar-refractivity contribution in [2.75, 3.05) is 16.8 Å². The molecule has 2 heterocycles. The van der Waals surface area contributed by atoms with E-state index in [1.54, 1.807) is 12.1 Å². The molecule has 0 atom stereocenters. The molecule has 6 nitrogen and oxygen atoms in total. The summed E-state index contributed by atoms with van der Waals surface area (Å²) >= 11 is 0. The Morgan fingerprint density at radius 2 is 2.10 bits per heavy atom. The second kappa shape index (κ2) is 5.05. The number of fused-ring (bicyclic) bond motifs is 1. The van der Waals surface area contributed by atoms with Gasteiger partial charge < -0.3 is 5.32 Å². The van der Waals surface area contributed by atoms with Crippen molar-refractivity contribution in [3.63, 3.8) is 0 Å². The first-order valence-electron chi connectivity index (χ1n) is 6.82. The minimum Gasteiger partial charge on any atom is -0.323 e. The largest absolute Gasteiger partial charge is 0.323 e.